The van der Waals surface area contributed by atoms with Crippen LogP contribution in [-0.2, 0) is 0 Å². The fraction of sp³-hybridized carbons (Fsp3) is 0.375. The molecular weight excluding hydrogens is 360 g/mol. The first-order valence-corrected chi connectivity index (χ1v) is 10.4. The lowest BCUT2D eigenvalue weighted by Gasteiger charge is -2.37. The largest absolute Gasteiger partial charge is 0.388 e. The molecule has 1 aliphatic rings. The Morgan fingerprint density at radius 2 is 1.62 bits per heavy atom. The summed E-state index contributed by atoms with van der Waals surface area (Å²) in [5, 5.41) is 15.3. The maximum Gasteiger partial charge on any atom is 0.0835 e. The maximum atomic E-state index is 10.8. The molecule has 3 aromatic rings. The highest BCUT2D eigenvalue weighted by Crippen LogP contribution is 2.24. The number of aliphatic hydroxyl groups is 1. The molecule has 2 aromatic carbocycles. The Hall–Kier alpha value is -2.63. The summed E-state index contributed by atoms with van der Waals surface area (Å²) in [7, 11) is 0. The minimum absolute atomic E-state index is 0.484. The molecule has 0 aliphatic carbocycles. The van der Waals surface area contributed by atoms with Gasteiger partial charge >= 0.3 is 0 Å². The van der Waals surface area contributed by atoms with Gasteiger partial charge in [0.25, 0.3) is 0 Å². The van der Waals surface area contributed by atoms with Gasteiger partial charge in [0, 0.05) is 49.7 Å². The fourth-order valence-corrected chi connectivity index (χ4v) is 4.17. The summed E-state index contributed by atoms with van der Waals surface area (Å²) in [6.07, 6.45) is 2.05. The van der Waals surface area contributed by atoms with E-state index in [9.17, 15) is 5.11 Å². The molecule has 152 valence electrons. The van der Waals surface area contributed by atoms with E-state index in [2.05, 4.69) is 46.1 Å². The number of piperazine rings is 1. The van der Waals surface area contributed by atoms with E-state index in [1.807, 2.05) is 48.1 Å². The van der Waals surface area contributed by atoms with Crippen LogP contribution in [0.2, 0.25) is 0 Å². The van der Waals surface area contributed by atoms with E-state index in [4.69, 9.17) is 0 Å². The van der Waals surface area contributed by atoms with Crippen LogP contribution >= 0.6 is 0 Å². The number of anilines is 1. The van der Waals surface area contributed by atoms with Crippen LogP contribution in [0.15, 0.2) is 60.8 Å². The highest BCUT2D eigenvalue weighted by atomic mass is 16.3. The first kappa shape index (κ1) is 19.7. The normalized spacial score (nSPS) is 16.2. The van der Waals surface area contributed by atoms with E-state index in [0.29, 0.717) is 0 Å². The Morgan fingerprint density at radius 3 is 2.34 bits per heavy atom. The van der Waals surface area contributed by atoms with Gasteiger partial charge in [-0.25, -0.2) is 4.68 Å². The van der Waals surface area contributed by atoms with Crippen LogP contribution in [0.4, 0.5) is 5.69 Å². The van der Waals surface area contributed by atoms with Crippen molar-refractivity contribution in [3.05, 3.63) is 77.6 Å². The van der Waals surface area contributed by atoms with Crippen LogP contribution in [0, 0.1) is 13.8 Å². The zero-order chi connectivity index (χ0) is 20.2. The Morgan fingerprint density at radius 1 is 0.931 bits per heavy atom. The van der Waals surface area contributed by atoms with Crippen molar-refractivity contribution in [2.45, 2.75) is 26.4 Å². The highest BCUT2D eigenvalue weighted by molar-refractivity contribution is 5.53. The molecule has 1 fully saturated rings. The zero-order valence-corrected chi connectivity index (χ0v) is 17.3. The van der Waals surface area contributed by atoms with Gasteiger partial charge in [-0.1, -0.05) is 36.4 Å². The van der Waals surface area contributed by atoms with E-state index < -0.39 is 6.10 Å². The summed E-state index contributed by atoms with van der Waals surface area (Å²) in [5.74, 6) is 0. The molecule has 1 atom stereocenters. The number of para-hydroxylation sites is 2. The number of benzene rings is 2. The lowest BCUT2D eigenvalue weighted by atomic mass is 10.1. The average Bonchev–Trinajstić information content (AvgIpc) is 3.15. The monoisotopic (exact) mass is 390 g/mol. The Bertz CT molecular complexity index is 929. The molecule has 29 heavy (non-hydrogen) atoms. The third-order valence-electron chi connectivity index (χ3n) is 5.95. The molecule has 5 heteroatoms. The second-order valence-corrected chi connectivity index (χ2v) is 7.85. The Kier molecular flexibility index (Phi) is 5.97. The summed E-state index contributed by atoms with van der Waals surface area (Å²) < 4.78 is 1.90. The smallest absolute Gasteiger partial charge is 0.0835 e. The molecule has 1 N–H and O–H groups in total. The number of hydrogen-bond acceptors (Lipinski definition) is 4. The number of hydrogen-bond donors (Lipinski definition) is 1. The predicted molar refractivity (Wildman–Crippen MR) is 118 cm³/mol. The fourth-order valence-electron chi connectivity index (χ4n) is 4.17. The molecule has 0 radical (unpaired) electrons. The maximum absolute atomic E-state index is 10.8. The van der Waals surface area contributed by atoms with Crippen LogP contribution in [-0.4, -0.2) is 52.5 Å². The number of aromatic nitrogens is 2. The van der Waals surface area contributed by atoms with E-state index in [1.165, 1.54) is 11.3 Å². The second kappa shape index (κ2) is 8.80. The summed E-state index contributed by atoms with van der Waals surface area (Å²) >= 11 is 0. The van der Waals surface area contributed by atoms with Gasteiger partial charge < -0.3 is 10.0 Å². The van der Waals surface area contributed by atoms with Gasteiger partial charge in [0.2, 0.25) is 0 Å². The topological polar surface area (TPSA) is 44.5 Å². The summed E-state index contributed by atoms with van der Waals surface area (Å²) in [5.41, 5.74) is 5.63. The lowest BCUT2D eigenvalue weighted by Crippen LogP contribution is -2.47. The van der Waals surface area contributed by atoms with Gasteiger partial charge in [0.1, 0.15) is 0 Å². The molecule has 1 saturated heterocycles. The summed E-state index contributed by atoms with van der Waals surface area (Å²) in [4.78, 5) is 4.92. The van der Waals surface area contributed by atoms with Crippen molar-refractivity contribution in [2.75, 3.05) is 37.6 Å². The van der Waals surface area contributed by atoms with E-state index in [1.54, 1.807) is 0 Å². The van der Waals surface area contributed by atoms with Crippen molar-refractivity contribution in [3.8, 4) is 5.69 Å². The van der Waals surface area contributed by atoms with Gasteiger partial charge in [-0.2, -0.15) is 5.10 Å². The van der Waals surface area contributed by atoms with Gasteiger partial charge in [-0.05, 0) is 44.0 Å². The van der Waals surface area contributed by atoms with E-state index >= 15 is 0 Å². The standard InChI is InChI=1S/C24H30N4O/c1-19-8-6-7-11-23(19)27-16-14-26(15-17-27)13-12-24(29)22-18-25-28(20(22)2)21-9-4-3-5-10-21/h3-11,18,24,29H,12-17H2,1-2H3. The van der Waals surface area contributed by atoms with Crippen molar-refractivity contribution < 1.29 is 5.11 Å². The molecule has 1 unspecified atom stereocenters. The summed E-state index contributed by atoms with van der Waals surface area (Å²) in [6, 6.07) is 18.7. The van der Waals surface area contributed by atoms with Crippen molar-refractivity contribution in [3.63, 3.8) is 0 Å². The molecule has 1 aliphatic heterocycles. The van der Waals surface area contributed by atoms with Crippen LogP contribution < -0.4 is 4.90 Å². The average molecular weight is 391 g/mol. The van der Waals surface area contributed by atoms with Gasteiger partial charge in [0.05, 0.1) is 18.0 Å². The lowest BCUT2D eigenvalue weighted by molar-refractivity contribution is 0.139. The van der Waals surface area contributed by atoms with Crippen LogP contribution in [0.5, 0.6) is 0 Å². The highest BCUT2D eigenvalue weighted by Gasteiger charge is 2.21. The second-order valence-electron chi connectivity index (χ2n) is 7.85. The Balaban J connectivity index is 1.31. The van der Waals surface area contributed by atoms with Crippen molar-refractivity contribution in [1.82, 2.24) is 14.7 Å². The van der Waals surface area contributed by atoms with E-state index in [-0.39, 0.29) is 0 Å². The number of aryl methyl sites for hydroxylation is 1. The van der Waals surface area contributed by atoms with Crippen molar-refractivity contribution in [2.24, 2.45) is 0 Å². The molecule has 0 spiro atoms. The van der Waals surface area contributed by atoms with E-state index in [0.717, 1.165) is 56.1 Å². The molecule has 4 rings (SSSR count). The quantitative estimate of drug-likeness (QED) is 0.696. The minimum atomic E-state index is -0.484. The minimum Gasteiger partial charge on any atom is -0.388 e. The third kappa shape index (κ3) is 4.36. The Labute approximate surface area is 173 Å². The third-order valence-corrected chi connectivity index (χ3v) is 5.95. The predicted octanol–water partition coefficient (Wildman–Crippen LogP) is 3.73. The first-order chi connectivity index (χ1) is 14.1. The summed E-state index contributed by atoms with van der Waals surface area (Å²) in [6.45, 7) is 9.23. The van der Waals surface area contributed by atoms with Gasteiger partial charge in [0.15, 0.2) is 0 Å². The van der Waals surface area contributed by atoms with Gasteiger partial charge in [-0.3, -0.25) is 4.90 Å². The van der Waals surface area contributed by atoms with Gasteiger partial charge in [-0.15, -0.1) is 0 Å². The molecule has 0 bridgehead atoms. The number of rotatable bonds is 6. The molecule has 5 nitrogen and oxygen atoms in total. The zero-order valence-electron chi connectivity index (χ0n) is 17.3. The van der Waals surface area contributed by atoms with Crippen LogP contribution in [0.1, 0.15) is 29.3 Å². The number of aliphatic hydroxyl groups excluding tert-OH is 1. The molecule has 0 saturated carbocycles. The number of nitrogens with zero attached hydrogens (tertiary/aromatic N) is 4. The first-order valence-electron chi connectivity index (χ1n) is 10.4. The molecule has 2 heterocycles. The molecule has 0 amide bonds. The van der Waals surface area contributed by atoms with Crippen LogP contribution in [0.25, 0.3) is 5.69 Å². The van der Waals surface area contributed by atoms with Crippen molar-refractivity contribution in [1.29, 1.82) is 0 Å². The molecule has 1 aromatic heterocycles. The SMILES string of the molecule is Cc1ccccc1N1CCN(CCC(O)c2cnn(-c3ccccc3)c2C)CC1. The van der Waals surface area contributed by atoms with Crippen molar-refractivity contribution >= 4 is 5.69 Å². The molecular formula is C24H30N4O. The van der Waals surface area contributed by atoms with Crippen LogP contribution in [0.3, 0.4) is 0 Å².